The highest BCUT2D eigenvalue weighted by Gasteiger charge is 2.04. The fraction of sp³-hybridized carbons (Fsp3) is 0. The van der Waals surface area contributed by atoms with Gasteiger partial charge in [0.25, 0.3) is 0 Å². The van der Waals surface area contributed by atoms with Gasteiger partial charge in [0.05, 0.1) is 0 Å². The van der Waals surface area contributed by atoms with Crippen molar-refractivity contribution >= 4 is 23.8 Å². The van der Waals surface area contributed by atoms with Crippen molar-refractivity contribution in [1.82, 2.24) is 0 Å². The van der Waals surface area contributed by atoms with Crippen LogP contribution >= 0.6 is 0 Å². The van der Waals surface area contributed by atoms with Crippen LogP contribution in [0.5, 0.6) is 0 Å². The molecule has 6 N–H and O–H groups in total. The highest BCUT2D eigenvalue weighted by atomic mass is 16.4. The number of nitrogens with two attached hydrogens (primary N) is 2. The van der Waals surface area contributed by atoms with Crippen LogP contribution in [0, 0.1) is 0 Å². The number of rotatable bonds is 2. The number of primary amides is 2. The van der Waals surface area contributed by atoms with Gasteiger partial charge in [0.2, 0.25) is 11.8 Å². The molecule has 8 heteroatoms. The summed E-state index contributed by atoms with van der Waals surface area (Å²) in [7, 11) is 0. The number of carboxylic acid groups (broad SMARTS) is 2. The van der Waals surface area contributed by atoms with Gasteiger partial charge >= 0.3 is 11.9 Å². The third kappa shape index (κ3) is 9.29. The van der Waals surface area contributed by atoms with E-state index in [1.54, 1.807) is 48.5 Å². The van der Waals surface area contributed by atoms with E-state index in [-0.39, 0.29) is 11.8 Å². The minimum atomic E-state index is -1.82. The molecule has 0 fully saturated rings. The summed E-state index contributed by atoms with van der Waals surface area (Å²) in [6, 6.07) is 17.5. The first-order chi connectivity index (χ1) is 11.3. The molecular weight excluding hydrogens is 316 g/mol. The Balaban J connectivity index is 0.000000340. The molecule has 8 nitrogen and oxygen atoms in total. The monoisotopic (exact) mass is 332 g/mol. The van der Waals surface area contributed by atoms with E-state index in [9.17, 15) is 9.59 Å². The number of aliphatic carboxylic acids is 2. The Kier molecular flexibility index (Phi) is 9.28. The maximum atomic E-state index is 10.4. The summed E-state index contributed by atoms with van der Waals surface area (Å²) in [6.07, 6.45) is 0. The van der Waals surface area contributed by atoms with Crippen molar-refractivity contribution in [2.24, 2.45) is 11.5 Å². The van der Waals surface area contributed by atoms with Crippen LogP contribution in [-0.4, -0.2) is 34.0 Å². The zero-order valence-corrected chi connectivity index (χ0v) is 12.5. The summed E-state index contributed by atoms with van der Waals surface area (Å²) in [6.45, 7) is 0. The summed E-state index contributed by atoms with van der Waals surface area (Å²) < 4.78 is 0. The first-order valence-corrected chi connectivity index (χ1v) is 6.41. The fourth-order valence-electron chi connectivity index (χ4n) is 1.20. The predicted octanol–water partition coefficient (Wildman–Crippen LogP) is 0.727. The molecule has 0 saturated carbocycles. The number of benzene rings is 2. The lowest BCUT2D eigenvalue weighted by Crippen LogP contribution is -2.09. The molecule has 126 valence electrons. The number of carbonyl (C=O) groups is 4. The Morgan fingerprint density at radius 1 is 0.583 bits per heavy atom. The van der Waals surface area contributed by atoms with E-state index in [2.05, 4.69) is 0 Å². The Hall–Kier alpha value is -3.68. The summed E-state index contributed by atoms with van der Waals surface area (Å²) in [5.74, 6) is -4.41. The van der Waals surface area contributed by atoms with E-state index in [1.165, 1.54) is 0 Å². The zero-order valence-electron chi connectivity index (χ0n) is 12.5. The van der Waals surface area contributed by atoms with Gasteiger partial charge in [-0.3, -0.25) is 9.59 Å². The van der Waals surface area contributed by atoms with Crippen LogP contribution in [0.1, 0.15) is 20.7 Å². The van der Waals surface area contributed by atoms with Crippen molar-refractivity contribution in [3.8, 4) is 0 Å². The van der Waals surface area contributed by atoms with Gasteiger partial charge in [-0.05, 0) is 24.3 Å². The standard InChI is InChI=1S/2C7H7NO.C2H2O4/c2*8-7(9)6-4-2-1-3-5-6;3-1(4)2(5)6/h2*1-5H,(H2,8,9);(H,3,4)(H,5,6). The van der Waals surface area contributed by atoms with Crippen LogP contribution in [0.3, 0.4) is 0 Å². The molecule has 0 aliphatic rings. The van der Waals surface area contributed by atoms with Crippen LogP contribution in [0.25, 0.3) is 0 Å². The van der Waals surface area contributed by atoms with Gasteiger partial charge in [0, 0.05) is 11.1 Å². The average molecular weight is 332 g/mol. The number of hydrogen-bond donors (Lipinski definition) is 4. The molecule has 0 aliphatic carbocycles. The molecule has 2 aromatic carbocycles. The van der Waals surface area contributed by atoms with Gasteiger partial charge in [-0.25, -0.2) is 9.59 Å². The van der Waals surface area contributed by atoms with Crippen LogP contribution in [0.15, 0.2) is 60.7 Å². The first-order valence-electron chi connectivity index (χ1n) is 6.41. The molecule has 0 unspecified atom stereocenters. The van der Waals surface area contributed by atoms with Gasteiger partial charge in [-0.15, -0.1) is 0 Å². The molecule has 2 aromatic rings. The molecule has 0 aromatic heterocycles. The van der Waals surface area contributed by atoms with Crippen molar-refractivity contribution in [2.45, 2.75) is 0 Å². The SMILES string of the molecule is NC(=O)c1ccccc1.NC(=O)c1ccccc1.O=C(O)C(=O)O. The van der Waals surface area contributed by atoms with Gasteiger partial charge in [-0.1, -0.05) is 36.4 Å². The second-order valence-corrected chi connectivity index (χ2v) is 4.07. The number of hydrogen-bond acceptors (Lipinski definition) is 4. The normalized spacial score (nSPS) is 8.50. The lowest BCUT2D eigenvalue weighted by Gasteiger charge is -1.89. The largest absolute Gasteiger partial charge is 0.473 e. The van der Waals surface area contributed by atoms with Crippen molar-refractivity contribution < 1.29 is 29.4 Å². The predicted molar refractivity (Wildman–Crippen MR) is 85.2 cm³/mol. The number of carboxylic acids is 2. The van der Waals surface area contributed by atoms with Crippen molar-refractivity contribution in [1.29, 1.82) is 0 Å². The Labute approximate surface area is 137 Å². The minimum absolute atomic E-state index is 0.379. The van der Waals surface area contributed by atoms with Crippen LogP contribution in [0.2, 0.25) is 0 Å². The van der Waals surface area contributed by atoms with Gasteiger partial charge in [0.15, 0.2) is 0 Å². The second-order valence-electron chi connectivity index (χ2n) is 4.07. The van der Waals surface area contributed by atoms with Gasteiger partial charge in [0.1, 0.15) is 0 Å². The van der Waals surface area contributed by atoms with Crippen LogP contribution in [0.4, 0.5) is 0 Å². The second kappa shape index (κ2) is 11.0. The lowest BCUT2D eigenvalue weighted by atomic mass is 10.2. The van der Waals surface area contributed by atoms with E-state index in [0.29, 0.717) is 11.1 Å². The molecule has 0 bridgehead atoms. The summed E-state index contributed by atoms with van der Waals surface area (Å²) in [4.78, 5) is 39.0. The molecule has 0 atom stereocenters. The topological polar surface area (TPSA) is 161 Å². The van der Waals surface area contributed by atoms with E-state index >= 15 is 0 Å². The Bertz CT molecular complexity index is 625. The smallest absolute Gasteiger partial charge is 0.414 e. The molecule has 0 heterocycles. The molecule has 2 amide bonds. The maximum Gasteiger partial charge on any atom is 0.414 e. The third-order valence-electron chi connectivity index (χ3n) is 2.30. The van der Waals surface area contributed by atoms with E-state index in [1.807, 2.05) is 12.1 Å². The Morgan fingerprint density at radius 3 is 0.958 bits per heavy atom. The molecule has 0 saturated heterocycles. The van der Waals surface area contributed by atoms with Crippen molar-refractivity contribution in [2.75, 3.05) is 0 Å². The highest BCUT2D eigenvalue weighted by molar-refractivity contribution is 6.27. The highest BCUT2D eigenvalue weighted by Crippen LogP contribution is 1.95. The van der Waals surface area contributed by atoms with E-state index in [0.717, 1.165) is 0 Å². The molecular formula is C16H16N2O6. The van der Waals surface area contributed by atoms with Gasteiger partial charge in [-0.2, -0.15) is 0 Å². The lowest BCUT2D eigenvalue weighted by molar-refractivity contribution is -0.159. The van der Waals surface area contributed by atoms with E-state index in [4.69, 9.17) is 31.3 Å². The average Bonchev–Trinajstić information content (AvgIpc) is 2.57. The van der Waals surface area contributed by atoms with Gasteiger partial charge < -0.3 is 21.7 Å². The van der Waals surface area contributed by atoms with Crippen molar-refractivity contribution in [3.05, 3.63) is 71.8 Å². The maximum absolute atomic E-state index is 10.4. The third-order valence-corrected chi connectivity index (χ3v) is 2.30. The molecule has 0 radical (unpaired) electrons. The molecule has 2 rings (SSSR count). The Morgan fingerprint density at radius 2 is 0.833 bits per heavy atom. The molecule has 0 spiro atoms. The number of carbonyl (C=O) groups excluding carboxylic acids is 2. The first kappa shape index (κ1) is 20.3. The fourth-order valence-corrected chi connectivity index (χ4v) is 1.20. The van der Waals surface area contributed by atoms with E-state index < -0.39 is 11.9 Å². The number of amides is 2. The summed E-state index contributed by atoms with van der Waals surface area (Å²) in [5, 5.41) is 14.8. The summed E-state index contributed by atoms with van der Waals surface area (Å²) in [5.41, 5.74) is 11.1. The minimum Gasteiger partial charge on any atom is -0.473 e. The van der Waals surface area contributed by atoms with Crippen LogP contribution < -0.4 is 11.5 Å². The van der Waals surface area contributed by atoms with Crippen molar-refractivity contribution in [3.63, 3.8) is 0 Å². The molecule has 0 aliphatic heterocycles. The molecule has 24 heavy (non-hydrogen) atoms. The van der Waals surface area contributed by atoms with Crippen LogP contribution in [-0.2, 0) is 9.59 Å². The quantitative estimate of drug-likeness (QED) is 0.593. The summed E-state index contributed by atoms with van der Waals surface area (Å²) >= 11 is 0. The zero-order chi connectivity index (χ0) is 18.5.